The Morgan fingerprint density at radius 1 is 1.12 bits per heavy atom. The third-order valence-electron chi connectivity index (χ3n) is 3.29. The van der Waals surface area contributed by atoms with Crippen LogP contribution in [0.3, 0.4) is 0 Å². The van der Waals surface area contributed by atoms with Gasteiger partial charge in [0.15, 0.2) is 0 Å². The molecule has 0 fully saturated rings. The van der Waals surface area contributed by atoms with Crippen molar-refractivity contribution >= 4 is 5.97 Å². The van der Waals surface area contributed by atoms with Crippen LogP contribution < -0.4 is 5.11 Å². The molecule has 0 N–H and O–H groups in total. The number of alkyl halides is 3. The van der Waals surface area contributed by atoms with Crippen molar-refractivity contribution in [2.45, 2.75) is 6.18 Å². The molecule has 0 radical (unpaired) electrons. The van der Waals surface area contributed by atoms with E-state index in [1.165, 1.54) is 30.6 Å². The predicted octanol–water partition coefficient (Wildman–Crippen LogP) is 2.32. The number of aromatic carboxylic acids is 1. The highest BCUT2D eigenvalue weighted by atomic mass is 19.4. The zero-order chi connectivity index (χ0) is 17.3. The van der Waals surface area contributed by atoms with Crippen LogP contribution in [-0.4, -0.2) is 20.7 Å². The number of carbonyl (C=O) groups excluding carboxylic acids is 1. The predicted molar refractivity (Wildman–Crippen MR) is 76.1 cm³/mol. The maximum absolute atomic E-state index is 12.8. The summed E-state index contributed by atoms with van der Waals surface area (Å²) in [5.41, 5.74) is -0.486. The largest absolute Gasteiger partial charge is 0.543 e. The van der Waals surface area contributed by atoms with Gasteiger partial charge >= 0.3 is 6.18 Å². The summed E-state index contributed by atoms with van der Waals surface area (Å²) in [7, 11) is 0. The lowest BCUT2D eigenvalue weighted by molar-refractivity contribution is -0.255. The third-order valence-corrected chi connectivity index (χ3v) is 3.29. The average Bonchev–Trinajstić information content (AvgIpc) is 3.01. The van der Waals surface area contributed by atoms with Gasteiger partial charge in [0.2, 0.25) is 0 Å². The zero-order valence-electron chi connectivity index (χ0n) is 12.0. The number of rotatable bonds is 3. The first kappa shape index (κ1) is 15.7. The summed E-state index contributed by atoms with van der Waals surface area (Å²) in [6.45, 7) is 0. The Morgan fingerprint density at radius 3 is 2.54 bits per heavy atom. The van der Waals surface area contributed by atoms with Gasteiger partial charge < -0.3 is 9.90 Å². The van der Waals surface area contributed by atoms with Gasteiger partial charge in [-0.3, -0.25) is 4.98 Å². The lowest BCUT2D eigenvalue weighted by Crippen LogP contribution is -2.25. The molecule has 0 aliphatic rings. The molecule has 0 amide bonds. The third kappa shape index (κ3) is 2.98. The first-order valence-corrected chi connectivity index (χ1v) is 6.76. The molecule has 0 aliphatic carbocycles. The molecule has 0 saturated carbocycles. The first-order valence-electron chi connectivity index (χ1n) is 6.76. The molecule has 122 valence electrons. The summed E-state index contributed by atoms with van der Waals surface area (Å²) in [4.78, 5) is 15.2. The summed E-state index contributed by atoms with van der Waals surface area (Å²) in [6.07, 6.45) is -1.54. The minimum Gasteiger partial charge on any atom is -0.543 e. The Morgan fingerprint density at radius 2 is 1.92 bits per heavy atom. The van der Waals surface area contributed by atoms with Crippen molar-refractivity contribution in [1.29, 1.82) is 0 Å². The highest BCUT2D eigenvalue weighted by Gasteiger charge is 2.30. The molecular formula is C16H9F3N3O2-. The molecule has 2 heterocycles. The van der Waals surface area contributed by atoms with Crippen LogP contribution in [0.2, 0.25) is 0 Å². The van der Waals surface area contributed by atoms with Gasteiger partial charge in [0.1, 0.15) is 0 Å². The number of hydrogen-bond acceptors (Lipinski definition) is 4. The summed E-state index contributed by atoms with van der Waals surface area (Å²) < 4.78 is 39.4. The number of nitrogens with zero attached hydrogens (tertiary/aromatic N) is 3. The van der Waals surface area contributed by atoms with Crippen LogP contribution in [0.5, 0.6) is 0 Å². The maximum atomic E-state index is 12.8. The maximum Gasteiger partial charge on any atom is 0.416 e. The fourth-order valence-corrected chi connectivity index (χ4v) is 2.19. The molecule has 2 aromatic heterocycles. The van der Waals surface area contributed by atoms with E-state index in [0.717, 1.165) is 16.8 Å². The second-order valence-corrected chi connectivity index (χ2v) is 4.90. The number of halogens is 3. The number of carboxylic acids is 1. The van der Waals surface area contributed by atoms with E-state index in [2.05, 4.69) is 10.1 Å². The normalized spacial score (nSPS) is 11.5. The lowest BCUT2D eigenvalue weighted by Gasteiger charge is -2.11. The van der Waals surface area contributed by atoms with E-state index in [4.69, 9.17) is 0 Å². The van der Waals surface area contributed by atoms with E-state index in [9.17, 15) is 23.1 Å². The summed E-state index contributed by atoms with van der Waals surface area (Å²) in [5.74, 6) is -1.55. The molecule has 0 atom stereocenters. The van der Waals surface area contributed by atoms with Crippen LogP contribution in [0.4, 0.5) is 13.2 Å². The van der Waals surface area contributed by atoms with Gasteiger partial charge in [0.25, 0.3) is 0 Å². The molecule has 0 saturated heterocycles. The number of carboxylic acid groups (broad SMARTS) is 1. The molecule has 3 rings (SSSR count). The minimum atomic E-state index is -4.54. The van der Waals surface area contributed by atoms with Gasteiger partial charge in [-0.05, 0) is 36.4 Å². The second-order valence-electron chi connectivity index (χ2n) is 4.90. The van der Waals surface area contributed by atoms with Gasteiger partial charge in [-0.2, -0.15) is 18.3 Å². The topological polar surface area (TPSA) is 70.8 Å². The Hall–Kier alpha value is -3.16. The lowest BCUT2D eigenvalue weighted by atomic mass is 10.2. The molecular weight excluding hydrogens is 323 g/mol. The summed E-state index contributed by atoms with van der Waals surface area (Å²) in [5, 5.41) is 15.4. The number of hydrogen-bond donors (Lipinski definition) is 0. The van der Waals surface area contributed by atoms with Crippen LogP contribution in [0.15, 0.2) is 54.9 Å². The molecule has 24 heavy (non-hydrogen) atoms. The summed E-state index contributed by atoms with van der Waals surface area (Å²) in [6, 6.07) is 8.76. The molecule has 0 spiro atoms. The van der Waals surface area contributed by atoms with E-state index in [0.29, 0.717) is 5.56 Å². The Balaban J connectivity index is 2.14. The van der Waals surface area contributed by atoms with Crippen LogP contribution in [-0.2, 0) is 6.18 Å². The van der Waals surface area contributed by atoms with Crippen molar-refractivity contribution in [1.82, 2.24) is 14.8 Å². The Bertz CT molecular complexity index is 889. The van der Waals surface area contributed by atoms with Gasteiger partial charge in [0.05, 0.1) is 28.6 Å². The number of carbonyl (C=O) groups is 1. The van der Waals surface area contributed by atoms with E-state index >= 15 is 0 Å². The smallest absolute Gasteiger partial charge is 0.416 e. The van der Waals surface area contributed by atoms with Crippen molar-refractivity contribution in [3.63, 3.8) is 0 Å². The van der Waals surface area contributed by atoms with Gasteiger partial charge in [-0.15, -0.1) is 0 Å². The highest BCUT2D eigenvalue weighted by Crippen LogP contribution is 2.31. The SMILES string of the molecule is O=C([O-])c1cc(-c2cccnc2)nn1-c1cccc(C(F)(F)F)c1. The first-order chi connectivity index (χ1) is 11.4. The molecule has 8 heteroatoms. The molecule has 3 aromatic rings. The fraction of sp³-hybridized carbons (Fsp3) is 0.0625. The quantitative estimate of drug-likeness (QED) is 0.738. The molecule has 0 aliphatic heterocycles. The van der Waals surface area contributed by atoms with Crippen molar-refractivity contribution in [2.24, 2.45) is 0 Å². The van der Waals surface area contributed by atoms with E-state index < -0.39 is 17.7 Å². The van der Waals surface area contributed by atoms with Crippen LogP contribution in [0.25, 0.3) is 16.9 Å². The van der Waals surface area contributed by atoms with E-state index in [-0.39, 0.29) is 17.1 Å². The molecule has 0 unspecified atom stereocenters. The van der Waals surface area contributed by atoms with Crippen LogP contribution in [0, 0.1) is 0 Å². The molecule has 1 aromatic carbocycles. The van der Waals surface area contributed by atoms with Crippen LogP contribution in [0.1, 0.15) is 16.1 Å². The zero-order valence-corrected chi connectivity index (χ0v) is 12.0. The van der Waals surface area contributed by atoms with E-state index in [1.807, 2.05) is 0 Å². The Labute approximate surface area is 134 Å². The standard InChI is InChI=1S/C16H10F3N3O2/c17-16(18,19)11-4-1-5-12(7-11)22-14(15(23)24)8-13(21-22)10-3-2-6-20-9-10/h1-9H,(H,23,24)/p-1. The van der Waals surface area contributed by atoms with Crippen molar-refractivity contribution in [3.8, 4) is 16.9 Å². The highest BCUT2D eigenvalue weighted by molar-refractivity contribution is 5.86. The monoisotopic (exact) mass is 332 g/mol. The van der Waals surface area contributed by atoms with Crippen LogP contribution >= 0.6 is 0 Å². The van der Waals surface area contributed by atoms with Crippen molar-refractivity contribution in [3.05, 3.63) is 66.1 Å². The van der Waals surface area contributed by atoms with Gasteiger partial charge in [0, 0.05) is 18.0 Å². The molecule has 5 nitrogen and oxygen atoms in total. The fourth-order valence-electron chi connectivity index (χ4n) is 2.19. The molecule has 0 bridgehead atoms. The minimum absolute atomic E-state index is 0.0286. The van der Waals surface area contributed by atoms with Crippen molar-refractivity contribution < 1.29 is 23.1 Å². The van der Waals surface area contributed by atoms with E-state index in [1.54, 1.807) is 12.1 Å². The number of benzene rings is 1. The average molecular weight is 332 g/mol. The summed E-state index contributed by atoms with van der Waals surface area (Å²) >= 11 is 0. The second kappa shape index (κ2) is 5.80. The number of pyridine rings is 1. The van der Waals surface area contributed by atoms with Crippen molar-refractivity contribution in [2.75, 3.05) is 0 Å². The number of aromatic nitrogens is 3. The van der Waals surface area contributed by atoms with Gasteiger partial charge in [-0.1, -0.05) is 6.07 Å². The Kier molecular flexibility index (Phi) is 3.80. The van der Waals surface area contributed by atoms with Gasteiger partial charge in [-0.25, -0.2) is 4.68 Å².